The Morgan fingerprint density at radius 3 is 2.30 bits per heavy atom. The van der Waals surface area contributed by atoms with E-state index in [9.17, 15) is 27.6 Å². The number of halogens is 3. The van der Waals surface area contributed by atoms with Gasteiger partial charge < -0.3 is 0 Å². The summed E-state index contributed by atoms with van der Waals surface area (Å²) in [5, 5.41) is 0. The van der Waals surface area contributed by atoms with Gasteiger partial charge >= 0.3 is 0 Å². The molecule has 4 nitrogen and oxygen atoms in total. The van der Waals surface area contributed by atoms with Crippen molar-refractivity contribution in [2.24, 2.45) is 11.8 Å². The van der Waals surface area contributed by atoms with Gasteiger partial charge in [0.1, 0.15) is 5.78 Å². The quantitative estimate of drug-likeness (QED) is 0.589. The number of amides is 2. The molecule has 4 aliphatic rings. The molecule has 2 amide bonds. The highest BCUT2D eigenvalue weighted by Gasteiger charge is 2.55. The summed E-state index contributed by atoms with van der Waals surface area (Å²) < 4.78 is 39.9. The number of hydrogen-bond acceptors (Lipinski definition) is 3. The van der Waals surface area contributed by atoms with Crippen molar-refractivity contribution >= 4 is 23.3 Å². The van der Waals surface area contributed by atoms with Crippen molar-refractivity contribution in [3.8, 4) is 0 Å². The van der Waals surface area contributed by atoms with E-state index in [2.05, 4.69) is 0 Å². The van der Waals surface area contributed by atoms with E-state index >= 15 is 0 Å². The minimum absolute atomic E-state index is 0.0838. The smallest absolute Gasteiger partial charge is 0.261 e. The molecule has 1 aromatic rings. The van der Waals surface area contributed by atoms with Gasteiger partial charge in [0.05, 0.1) is 11.6 Å². The third kappa shape index (κ3) is 1.76. The zero-order chi connectivity index (χ0) is 16.5. The normalized spacial score (nSPS) is 26.4. The summed E-state index contributed by atoms with van der Waals surface area (Å²) >= 11 is 0. The molecular formula is C16H10F3NO3. The Morgan fingerprint density at radius 2 is 1.70 bits per heavy atom. The van der Waals surface area contributed by atoms with E-state index in [0.29, 0.717) is 35.4 Å². The number of fused-ring (bicyclic) bond motifs is 2. The number of benzene rings is 1. The summed E-state index contributed by atoms with van der Waals surface area (Å²) in [6.07, 6.45) is 1.22. The van der Waals surface area contributed by atoms with Gasteiger partial charge in [-0.2, -0.15) is 0 Å². The molecule has 7 heteroatoms. The number of ketones is 1. The Hall–Kier alpha value is -2.44. The van der Waals surface area contributed by atoms with Gasteiger partial charge in [-0.3, -0.25) is 14.4 Å². The van der Waals surface area contributed by atoms with Crippen LogP contribution in [-0.2, 0) is 14.4 Å². The number of imide groups is 1. The summed E-state index contributed by atoms with van der Waals surface area (Å²) in [4.78, 5) is 37.7. The molecule has 0 spiro atoms. The molecule has 0 N–H and O–H groups in total. The average Bonchev–Trinajstić information content (AvgIpc) is 2.78. The van der Waals surface area contributed by atoms with Crippen LogP contribution in [0.2, 0.25) is 0 Å². The van der Waals surface area contributed by atoms with E-state index < -0.39 is 41.1 Å². The highest BCUT2D eigenvalue weighted by atomic mass is 19.2. The van der Waals surface area contributed by atoms with E-state index in [1.54, 1.807) is 0 Å². The molecule has 0 radical (unpaired) electrons. The van der Waals surface area contributed by atoms with Crippen molar-refractivity contribution in [3.63, 3.8) is 0 Å². The number of carbonyl (C=O) groups is 3. The molecular weight excluding hydrogens is 311 g/mol. The molecule has 1 aromatic carbocycles. The third-order valence-electron chi connectivity index (χ3n) is 4.80. The molecule has 1 aliphatic heterocycles. The van der Waals surface area contributed by atoms with Crippen LogP contribution in [0.4, 0.5) is 18.9 Å². The predicted molar refractivity (Wildman–Crippen MR) is 71.7 cm³/mol. The van der Waals surface area contributed by atoms with Gasteiger partial charge in [-0.05, 0) is 12.8 Å². The largest absolute Gasteiger partial charge is 0.299 e. The van der Waals surface area contributed by atoms with E-state index in [1.165, 1.54) is 0 Å². The van der Waals surface area contributed by atoms with E-state index in [-0.39, 0.29) is 23.5 Å². The Bertz CT molecular complexity index is 807. The van der Waals surface area contributed by atoms with Gasteiger partial charge in [0, 0.05) is 30.0 Å². The summed E-state index contributed by atoms with van der Waals surface area (Å²) in [6.45, 7) is 0. The second-order valence-corrected chi connectivity index (χ2v) is 5.99. The molecule has 2 atom stereocenters. The zero-order valence-corrected chi connectivity index (χ0v) is 11.7. The SMILES string of the molecule is O=C1CC2=C3C(=O)N(c4cc(F)c(F)c(F)c4)C(=O)C3C1CC2. The summed E-state index contributed by atoms with van der Waals surface area (Å²) in [5.74, 6) is -7.48. The number of hydrogen-bond donors (Lipinski definition) is 0. The number of anilines is 1. The second-order valence-electron chi connectivity index (χ2n) is 5.99. The lowest BCUT2D eigenvalue weighted by molar-refractivity contribution is -0.131. The lowest BCUT2D eigenvalue weighted by Gasteiger charge is -2.33. The Morgan fingerprint density at radius 1 is 1.04 bits per heavy atom. The van der Waals surface area contributed by atoms with Crippen molar-refractivity contribution in [2.45, 2.75) is 19.3 Å². The van der Waals surface area contributed by atoms with Crippen LogP contribution in [0.25, 0.3) is 0 Å². The van der Waals surface area contributed by atoms with E-state index in [4.69, 9.17) is 0 Å². The van der Waals surface area contributed by atoms with Crippen LogP contribution in [-0.4, -0.2) is 17.6 Å². The number of allylic oxidation sites excluding steroid dienone is 1. The van der Waals surface area contributed by atoms with Crippen LogP contribution in [0, 0.1) is 29.3 Å². The van der Waals surface area contributed by atoms with Crippen molar-refractivity contribution in [3.05, 3.63) is 40.7 Å². The first-order valence-corrected chi connectivity index (χ1v) is 7.17. The molecule has 2 fully saturated rings. The average molecular weight is 321 g/mol. The predicted octanol–water partition coefficient (Wildman–Crippen LogP) is 2.27. The maximum atomic E-state index is 13.4. The second kappa shape index (κ2) is 4.53. The van der Waals surface area contributed by atoms with Gasteiger partial charge in [-0.15, -0.1) is 0 Å². The number of Topliss-reactive ketones (excluding diaryl/α,β-unsaturated/α-hetero) is 1. The highest BCUT2D eigenvalue weighted by Crippen LogP contribution is 2.48. The van der Waals surface area contributed by atoms with Gasteiger partial charge in [-0.25, -0.2) is 18.1 Å². The maximum Gasteiger partial charge on any atom is 0.261 e. The minimum Gasteiger partial charge on any atom is -0.299 e. The van der Waals surface area contributed by atoms with Gasteiger partial charge in [0.15, 0.2) is 17.5 Å². The summed E-state index contributed by atoms with van der Waals surface area (Å²) in [5.41, 5.74) is 0.549. The van der Waals surface area contributed by atoms with E-state index in [1.807, 2.05) is 0 Å². The lowest BCUT2D eigenvalue weighted by Crippen LogP contribution is -2.38. The lowest BCUT2D eigenvalue weighted by atomic mass is 9.67. The van der Waals surface area contributed by atoms with Crippen molar-refractivity contribution < 1.29 is 27.6 Å². The molecule has 3 aliphatic carbocycles. The Balaban J connectivity index is 1.85. The van der Waals surface area contributed by atoms with Crippen LogP contribution in [0.3, 0.4) is 0 Å². The molecule has 1 saturated carbocycles. The molecule has 2 unspecified atom stereocenters. The van der Waals surface area contributed by atoms with Crippen molar-refractivity contribution in [1.82, 2.24) is 0 Å². The minimum atomic E-state index is -1.66. The molecule has 118 valence electrons. The van der Waals surface area contributed by atoms with Crippen molar-refractivity contribution in [2.75, 3.05) is 4.90 Å². The summed E-state index contributed by atoms with van der Waals surface area (Å²) in [6, 6.07) is 1.22. The van der Waals surface area contributed by atoms with E-state index in [0.717, 1.165) is 0 Å². The van der Waals surface area contributed by atoms with Crippen LogP contribution in [0.15, 0.2) is 23.3 Å². The third-order valence-corrected chi connectivity index (χ3v) is 4.80. The first-order valence-electron chi connectivity index (χ1n) is 7.17. The fourth-order valence-corrected chi connectivity index (χ4v) is 3.78. The molecule has 2 bridgehead atoms. The number of nitrogens with zero attached hydrogens (tertiary/aromatic N) is 1. The van der Waals surface area contributed by atoms with Crippen LogP contribution >= 0.6 is 0 Å². The van der Waals surface area contributed by atoms with Gasteiger partial charge in [0.25, 0.3) is 5.91 Å². The molecule has 5 rings (SSSR count). The zero-order valence-electron chi connectivity index (χ0n) is 11.7. The molecule has 1 saturated heterocycles. The van der Waals surface area contributed by atoms with Gasteiger partial charge in [-0.1, -0.05) is 5.57 Å². The standard InChI is InChI=1S/C16H10F3NO3/c17-9-4-7(5-10(18)14(9)19)20-15(22)12-6-1-2-8(11(21)3-6)13(12)16(20)23/h4-5,8,13H,1-3H2. The van der Waals surface area contributed by atoms with Crippen LogP contribution in [0.5, 0.6) is 0 Å². The Kier molecular flexibility index (Phi) is 2.79. The highest BCUT2D eigenvalue weighted by molar-refractivity contribution is 6.31. The molecule has 23 heavy (non-hydrogen) atoms. The van der Waals surface area contributed by atoms with Gasteiger partial charge in [0.2, 0.25) is 5.91 Å². The maximum absolute atomic E-state index is 13.4. The molecule has 0 aromatic heterocycles. The Labute approximate surface area is 128 Å². The fraction of sp³-hybridized carbons (Fsp3) is 0.312. The first-order chi connectivity index (χ1) is 10.9. The number of rotatable bonds is 1. The number of carbonyl (C=O) groups excluding carboxylic acids is 3. The van der Waals surface area contributed by atoms with Crippen LogP contribution in [0.1, 0.15) is 19.3 Å². The van der Waals surface area contributed by atoms with Crippen LogP contribution < -0.4 is 4.90 Å². The fourth-order valence-electron chi connectivity index (χ4n) is 3.78. The first kappa shape index (κ1) is 14.2. The molecule has 1 heterocycles. The topological polar surface area (TPSA) is 54.5 Å². The van der Waals surface area contributed by atoms with Crippen molar-refractivity contribution in [1.29, 1.82) is 0 Å². The summed E-state index contributed by atoms with van der Waals surface area (Å²) in [7, 11) is 0. The monoisotopic (exact) mass is 321 g/mol.